The van der Waals surface area contributed by atoms with Crippen molar-refractivity contribution >= 4 is 5.91 Å². The van der Waals surface area contributed by atoms with E-state index >= 15 is 0 Å². The van der Waals surface area contributed by atoms with Gasteiger partial charge in [-0.1, -0.05) is 6.92 Å². The van der Waals surface area contributed by atoms with Crippen LogP contribution in [0, 0.1) is 35.0 Å². The summed E-state index contributed by atoms with van der Waals surface area (Å²) >= 11 is 0. The summed E-state index contributed by atoms with van der Waals surface area (Å²) in [5, 5.41) is 11.9. The molecule has 1 rings (SSSR count). The fourth-order valence-electron chi connectivity index (χ4n) is 2.18. The van der Waals surface area contributed by atoms with Crippen molar-refractivity contribution in [1.29, 1.82) is 5.26 Å². The Bertz CT molecular complexity index is 329. The van der Waals surface area contributed by atoms with Crippen LogP contribution in [-0.4, -0.2) is 12.5 Å². The van der Waals surface area contributed by atoms with E-state index in [1.54, 1.807) is 0 Å². The number of carbonyl (C=O) groups excluding carboxylic acids is 1. The van der Waals surface area contributed by atoms with E-state index in [0.29, 0.717) is 25.3 Å². The first-order chi connectivity index (χ1) is 7.64. The molecule has 0 aromatic rings. The highest BCUT2D eigenvalue weighted by molar-refractivity contribution is 5.86. The zero-order valence-electron chi connectivity index (χ0n) is 9.75. The van der Waals surface area contributed by atoms with E-state index in [4.69, 9.17) is 11.7 Å². The third-order valence-corrected chi connectivity index (χ3v) is 3.08. The van der Waals surface area contributed by atoms with Gasteiger partial charge in [0, 0.05) is 13.0 Å². The fraction of sp³-hybridized carbons (Fsp3) is 0.692. The highest BCUT2D eigenvalue weighted by Gasteiger charge is 2.48. The summed E-state index contributed by atoms with van der Waals surface area (Å²) in [4.78, 5) is 11.8. The van der Waals surface area contributed by atoms with Crippen molar-refractivity contribution < 1.29 is 4.79 Å². The maximum absolute atomic E-state index is 11.8. The first-order valence-corrected chi connectivity index (χ1v) is 5.77. The van der Waals surface area contributed by atoms with E-state index in [-0.39, 0.29) is 5.91 Å². The molecule has 86 valence electrons. The second-order valence-electron chi connectivity index (χ2n) is 4.62. The Kier molecular flexibility index (Phi) is 4.38. The Balaban J connectivity index is 2.25. The van der Waals surface area contributed by atoms with Gasteiger partial charge in [0.1, 0.15) is 5.41 Å². The lowest BCUT2D eigenvalue weighted by Gasteiger charge is -2.39. The lowest BCUT2D eigenvalue weighted by Crippen LogP contribution is -2.48. The third kappa shape index (κ3) is 2.76. The van der Waals surface area contributed by atoms with Crippen molar-refractivity contribution in [3.8, 4) is 18.4 Å². The van der Waals surface area contributed by atoms with Crippen LogP contribution in [0.2, 0.25) is 0 Å². The van der Waals surface area contributed by atoms with Gasteiger partial charge in [0.25, 0.3) is 0 Å². The largest absolute Gasteiger partial charge is 0.355 e. The van der Waals surface area contributed by atoms with Crippen LogP contribution < -0.4 is 5.32 Å². The summed E-state index contributed by atoms with van der Waals surface area (Å²) in [5.41, 5.74) is -0.745. The van der Waals surface area contributed by atoms with Gasteiger partial charge in [-0.2, -0.15) is 5.26 Å². The van der Waals surface area contributed by atoms with Gasteiger partial charge in [-0.15, -0.1) is 12.3 Å². The molecular formula is C13H18N2O. The molecule has 0 spiro atoms. The van der Waals surface area contributed by atoms with Crippen LogP contribution in [0.1, 0.15) is 39.0 Å². The Morgan fingerprint density at radius 3 is 2.75 bits per heavy atom. The lowest BCUT2D eigenvalue weighted by molar-refractivity contribution is -0.133. The number of amides is 1. The molecule has 1 amide bonds. The summed E-state index contributed by atoms with van der Waals surface area (Å²) in [6, 6.07) is 2.15. The predicted molar refractivity (Wildman–Crippen MR) is 62.1 cm³/mol. The average molecular weight is 218 g/mol. The monoisotopic (exact) mass is 218 g/mol. The summed E-state index contributed by atoms with van der Waals surface area (Å²) in [6.45, 7) is 2.69. The van der Waals surface area contributed by atoms with Gasteiger partial charge >= 0.3 is 0 Å². The Hall–Kier alpha value is -1.48. The van der Waals surface area contributed by atoms with Gasteiger partial charge in [0.2, 0.25) is 5.91 Å². The van der Waals surface area contributed by atoms with Gasteiger partial charge in [0.05, 0.1) is 6.07 Å². The minimum absolute atomic E-state index is 0.103. The number of terminal acetylenes is 1. The van der Waals surface area contributed by atoms with E-state index in [0.717, 1.165) is 19.3 Å². The van der Waals surface area contributed by atoms with Gasteiger partial charge in [-0.25, -0.2) is 0 Å². The third-order valence-electron chi connectivity index (χ3n) is 3.08. The molecule has 0 bridgehead atoms. The standard InChI is InChI=1S/C13H18N2O/c1-3-4-5-6-7-15-12(16)13(10-14)8-11(2)9-13/h1,11H,4-9H2,2H3,(H,15,16). The van der Waals surface area contributed by atoms with Crippen molar-refractivity contribution in [2.75, 3.05) is 6.54 Å². The lowest BCUT2D eigenvalue weighted by atomic mass is 9.63. The normalized spacial score (nSPS) is 27.3. The molecular weight excluding hydrogens is 200 g/mol. The van der Waals surface area contributed by atoms with Crippen LogP contribution in [0.25, 0.3) is 0 Å². The van der Waals surface area contributed by atoms with Crippen molar-refractivity contribution in [2.24, 2.45) is 11.3 Å². The minimum Gasteiger partial charge on any atom is -0.355 e. The van der Waals surface area contributed by atoms with Gasteiger partial charge < -0.3 is 5.32 Å². The first kappa shape index (κ1) is 12.6. The molecule has 1 saturated carbocycles. The molecule has 1 aliphatic carbocycles. The van der Waals surface area contributed by atoms with E-state index in [1.807, 2.05) is 0 Å². The number of hydrogen-bond acceptors (Lipinski definition) is 2. The number of rotatable bonds is 5. The number of nitrogens with zero attached hydrogens (tertiary/aromatic N) is 1. The smallest absolute Gasteiger partial charge is 0.240 e. The number of hydrogen-bond donors (Lipinski definition) is 1. The summed E-state index contributed by atoms with van der Waals surface area (Å²) in [5.74, 6) is 2.95. The quantitative estimate of drug-likeness (QED) is 0.565. The van der Waals surface area contributed by atoms with E-state index in [1.165, 1.54) is 0 Å². The van der Waals surface area contributed by atoms with Crippen LogP contribution in [-0.2, 0) is 4.79 Å². The second kappa shape index (κ2) is 5.56. The fourth-order valence-corrected chi connectivity index (χ4v) is 2.18. The van der Waals surface area contributed by atoms with Crippen LogP contribution in [0.4, 0.5) is 0 Å². The molecule has 0 aliphatic heterocycles. The Labute approximate surface area is 97.2 Å². The zero-order chi connectivity index (χ0) is 12.0. The molecule has 0 aromatic carbocycles. The summed E-state index contributed by atoms with van der Waals surface area (Å²) < 4.78 is 0. The maximum atomic E-state index is 11.8. The number of carbonyl (C=O) groups is 1. The van der Waals surface area contributed by atoms with Gasteiger partial charge in [-0.05, 0) is 31.6 Å². The van der Waals surface area contributed by atoms with Crippen LogP contribution in [0.3, 0.4) is 0 Å². The molecule has 0 aromatic heterocycles. The molecule has 3 nitrogen and oxygen atoms in total. The van der Waals surface area contributed by atoms with E-state index in [9.17, 15) is 4.79 Å². The highest BCUT2D eigenvalue weighted by atomic mass is 16.2. The summed E-state index contributed by atoms with van der Waals surface area (Å²) in [6.07, 6.45) is 9.07. The molecule has 0 heterocycles. The van der Waals surface area contributed by atoms with Crippen molar-refractivity contribution in [2.45, 2.75) is 39.0 Å². The molecule has 1 aliphatic rings. The van der Waals surface area contributed by atoms with Crippen LogP contribution >= 0.6 is 0 Å². The predicted octanol–water partition coefficient (Wildman–Crippen LogP) is 1.85. The molecule has 0 unspecified atom stereocenters. The summed E-state index contributed by atoms with van der Waals surface area (Å²) in [7, 11) is 0. The first-order valence-electron chi connectivity index (χ1n) is 5.77. The average Bonchev–Trinajstić information content (AvgIpc) is 2.24. The molecule has 0 atom stereocenters. The number of nitrogens with one attached hydrogen (secondary N) is 1. The highest BCUT2D eigenvalue weighted by Crippen LogP contribution is 2.44. The van der Waals surface area contributed by atoms with Crippen molar-refractivity contribution in [1.82, 2.24) is 5.32 Å². The molecule has 16 heavy (non-hydrogen) atoms. The molecule has 0 radical (unpaired) electrons. The minimum atomic E-state index is -0.745. The van der Waals surface area contributed by atoms with Crippen LogP contribution in [0.15, 0.2) is 0 Å². The molecule has 3 heteroatoms. The number of nitriles is 1. The zero-order valence-corrected chi connectivity index (χ0v) is 9.75. The maximum Gasteiger partial charge on any atom is 0.240 e. The second-order valence-corrected chi connectivity index (χ2v) is 4.62. The molecule has 1 N–H and O–H groups in total. The molecule has 1 fully saturated rings. The Morgan fingerprint density at radius 2 is 2.25 bits per heavy atom. The van der Waals surface area contributed by atoms with Gasteiger partial charge in [-0.3, -0.25) is 4.79 Å². The van der Waals surface area contributed by atoms with Crippen LogP contribution in [0.5, 0.6) is 0 Å². The van der Waals surface area contributed by atoms with Crippen molar-refractivity contribution in [3.63, 3.8) is 0 Å². The Morgan fingerprint density at radius 1 is 1.56 bits per heavy atom. The topological polar surface area (TPSA) is 52.9 Å². The van der Waals surface area contributed by atoms with E-state index < -0.39 is 5.41 Å². The van der Waals surface area contributed by atoms with Crippen molar-refractivity contribution in [3.05, 3.63) is 0 Å². The SMILES string of the molecule is C#CCCCCNC(=O)C1(C#N)CC(C)C1. The van der Waals surface area contributed by atoms with E-state index in [2.05, 4.69) is 24.2 Å². The molecule has 0 saturated heterocycles. The van der Waals surface area contributed by atoms with Gasteiger partial charge in [0.15, 0.2) is 0 Å². The number of unbranched alkanes of at least 4 members (excludes halogenated alkanes) is 2.